The highest BCUT2D eigenvalue weighted by Crippen LogP contribution is 2.44. The van der Waals surface area contributed by atoms with E-state index in [9.17, 15) is 15.0 Å². The van der Waals surface area contributed by atoms with E-state index in [2.05, 4.69) is 6.08 Å². The average Bonchev–Trinajstić information content (AvgIpc) is 2.71. The number of hydrogen-bond donors (Lipinski definition) is 2. The molecule has 0 aromatic heterocycles. The summed E-state index contributed by atoms with van der Waals surface area (Å²) in [5.41, 5.74) is 4.76. The van der Waals surface area contributed by atoms with Gasteiger partial charge in [-0.05, 0) is 64.3 Å². The van der Waals surface area contributed by atoms with E-state index in [0.29, 0.717) is 41.0 Å². The van der Waals surface area contributed by atoms with Crippen molar-refractivity contribution in [1.29, 1.82) is 0 Å². The summed E-state index contributed by atoms with van der Waals surface area (Å²) in [6.07, 6.45) is 4.62. The van der Waals surface area contributed by atoms with Gasteiger partial charge in [0, 0.05) is 17.2 Å². The molecule has 0 amide bonds. The van der Waals surface area contributed by atoms with E-state index in [1.54, 1.807) is 19.2 Å². The van der Waals surface area contributed by atoms with Gasteiger partial charge in [0.15, 0.2) is 5.78 Å². The second-order valence-corrected chi connectivity index (χ2v) is 8.37. The van der Waals surface area contributed by atoms with Gasteiger partial charge >= 0.3 is 0 Å². The molecule has 5 heteroatoms. The summed E-state index contributed by atoms with van der Waals surface area (Å²) in [6, 6.07) is 6.55. The molecule has 0 saturated heterocycles. The summed E-state index contributed by atoms with van der Waals surface area (Å²) >= 11 is 0. The van der Waals surface area contributed by atoms with Gasteiger partial charge in [0.25, 0.3) is 0 Å². The Morgan fingerprint density at radius 2 is 1.74 bits per heavy atom. The zero-order valence-corrected chi connectivity index (χ0v) is 18.8. The Morgan fingerprint density at radius 1 is 1.06 bits per heavy atom. The van der Waals surface area contributed by atoms with Crippen LogP contribution >= 0.6 is 0 Å². The Labute approximate surface area is 183 Å². The van der Waals surface area contributed by atoms with Gasteiger partial charge in [-0.3, -0.25) is 4.79 Å². The van der Waals surface area contributed by atoms with E-state index in [4.69, 9.17) is 9.47 Å². The molecule has 0 unspecified atom stereocenters. The fourth-order valence-electron chi connectivity index (χ4n) is 3.67. The van der Waals surface area contributed by atoms with Crippen molar-refractivity contribution in [3.8, 4) is 23.0 Å². The van der Waals surface area contributed by atoms with E-state index in [-0.39, 0.29) is 23.7 Å². The first-order valence-corrected chi connectivity index (χ1v) is 10.4. The minimum absolute atomic E-state index is 0.0186. The monoisotopic (exact) mass is 422 g/mol. The number of carbonyl (C=O) groups excluding carboxylic acids is 1. The lowest BCUT2D eigenvalue weighted by atomic mass is 9.91. The largest absolute Gasteiger partial charge is 0.508 e. The number of Topliss-reactive ketones (excluding diaryl/α,β-unsaturated/α-hetero) is 1. The number of ketones is 1. The van der Waals surface area contributed by atoms with Crippen molar-refractivity contribution in [2.45, 2.75) is 53.1 Å². The molecule has 0 bridgehead atoms. The Bertz CT molecular complexity index is 1050. The number of fused-ring (bicyclic) bond motifs is 1. The van der Waals surface area contributed by atoms with Gasteiger partial charge < -0.3 is 19.7 Å². The number of carbonyl (C=O) groups is 1. The van der Waals surface area contributed by atoms with Gasteiger partial charge in [0.05, 0.1) is 19.1 Å². The maximum atomic E-state index is 12.9. The molecule has 0 radical (unpaired) electrons. The highest BCUT2D eigenvalue weighted by atomic mass is 16.5. The van der Waals surface area contributed by atoms with Crippen LogP contribution in [0.1, 0.15) is 67.3 Å². The minimum Gasteiger partial charge on any atom is -0.508 e. The molecule has 2 N–H and O–H groups in total. The first-order chi connectivity index (χ1) is 14.7. The zero-order chi connectivity index (χ0) is 22.7. The summed E-state index contributed by atoms with van der Waals surface area (Å²) in [5.74, 6) is 1.01. The van der Waals surface area contributed by atoms with Crippen LogP contribution in [0.3, 0.4) is 0 Å². The summed E-state index contributed by atoms with van der Waals surface area (Å²) in [5, 5.41) is 21.1. The molecule has 1 aliphatic rings. The highest BCUT2D eigenvalue weighted by Gasteiger charge is 2.32. The fourth-order valence-corrected chi connectivity index (χ4v) is 3.67. The van der Waals surface area contributed by atoms with Gasteiger partial charge in [0.2, 0.25) is 0 Å². The molecule has 1 atom stereocenters. The number of phenolic OH excluding ortho intramolecular Hbond substituents is 2. The molecule has 0 saturated carbocycles. The van der Waals surface area contributed by atoms with Crippen molar-refractivity contribution in [1.82, 2.24) is 0 Å². The van der Waals surface area contributed by atoms with Gasteiger partial charge in [0.1, 0.15) is 29.1 Å². The lowest BCUT2D eigenvalue weighted by molar-refractivity contribution is 0.0844. The molecule has 5 nitrogen and oxygen atoms in total. The van der Waals surface area contributed by atoms with E-state index >= 15 is 0 Å². The fraction of sp³-hybridized carbons (Fsp3) is 0.346. The number of ether oxygens (including phenoxy) is 2. The lowest BCUT2D eigenvalue weighted by Crippen LogP contribution is -2.22. The molecule has 1 heterocycles. The third kappa shape index (κ3) is 4.93. The van der Waals surface area contributed by atoms with E-state index < -0.39 is 6.10 Å². The van der Waals surface area contributed by atoms with E-state index in [0.717, 1.165) is 11.1 Å². The average molecular weight is 423 g/mol. The second kappa shape index (κ2) is 9.29. The van der Waals surface area contributed by atoms with Crippen LogP contribution in [0.15, 0.2) is 47.6 Å². The van der Waals surface area contributed by atoms with Crippen LogP contribution in [0.25, 0.3) is 0 Å². The number of rotatable bonds is 6. The van der Waals surface area contributed by atoms with Crippen LogP contribution in [0.4, 0.5) is 0 Å². The zero-order valence-electron chi connectivity index (χ0n) is 18.8. The molecule has 164 valence electrons. The number of hydrogen-bond acceptors (Lipinski definition) is 5. The summed E-state index contributed by atoms with van der Waals surface area (Å²) < 4.78 is 11.7. The van der Waals surface area contributed by atoms with Crippen LogP contribution < -0.4 is 9.47 Å². The first kappa shape index (κ1) is 22.5. The Morgan fingerprint density at radius 3 is 2.39 bits per heavy atom. The Balaban J connectivity index is 2.05. The minimum atomic E-state index is -0.649. The molecule has 2 aromatic rings. The van der Waals surface area contributed by atoms with Crippen molar-refractivity contribution in [2.24, 2.45) is 0 Å². The predicted octanol–water partition coefficient (Wildman–Crippen LogP) is 5.83. The number of phenols is 2. The molecular formula is C26H30O5. The number of allylic oxidation sites excluding steroid dienone is 4. The summed E-state index contributed by atoms with van der Waals surface area (Å²) in [4.78, 5) is 12.9. The van der Waals surface area contributed by atoms with Crippen molar-refractivity contribution >= 4 is 5.78 Å². The predicted molar refractivity (Wildman–Crippen MR) is 121 cm³/mol. The molecule has 1 aliphatic heterocycles. The summed E-state index contributed by atoms with van der Waals surface area (Å²) in [6.45, 7) is 8.00. The quantitative estimate of drug-likeness (QED) is 0.573. The van der Waals surface area contributed by atoms with Crippen LogP contribution in [-0.2, 0) is 12.8 Å². The molecule has 2 aromatic carbocycles. The Kier molecular flexibility index (Phi) is 6.74. The van der Waals surface area contributed by atoms with Crippen LogP contribution in [0.5, 0.6) is 23.0 Å². The SMILES string of the molecule is COc1cc(O)c([C@H]2CC(=O)c3ccc(O)c(CC=C(C)C)c3O2)cc1CC=C(C)C. The first-order valence-electron chi connectivity index (χ1n) is 10.4. The van der Waals surface area contributed by atoms with Crippen LogP contribution in [-0.4, -0.2) is 23.1 Å². The highest BCUT2D eigenvalue weighted by molar-refractivity contribution is 6.00. The topological polar surface area (TPSA) is 76.0 Å². The number of aromatic hydroxyl groups is 2. The number of methoxy groups -OCH3 is 1. The van der Waals surface area contributed by atoms with Gasteiger partial charge in [-0.25, -0.2) is 0 Å². The van der Waals surface area contributed by atoms with Crippen LogP contribution in [0, 0.1) is 0 Å². The number of benzene rings is 2. The van der Waals surface area contributed by atoms with Gasteiger partial charge in [-0.15, -0.1) is 0 Å². The molecule has 0 fully saturated rings. The standard InChI is InChI=1S/C26H30O5/c1-15(2)6-8-17-12-20(23(29)13-24(17)30-5)25-14-22(28)19-10-11-21(27)18(26(19)31-25)9-7-16(3)4/h6-7,10-13,25,27,29H,8-9,14H2,1-5H3/t25-/m1/s1. The normalized spacial score (nSPS) is 15.0. The van der Waals surface area contributed by atoms with Gasteiger partial charge in [-0.2, -0.15) is 0 Å². The lowest BCUT2D eigenvalue weighted by Gasteiger charge is -2.28. The van der Waals surface area contributed by atoms with Crippen molar-refractivity contribution in [2.75, 3.05) is 7.11 Å². The van der Waals surface area contributed by atoms with E-state index in [1.165, 1.54) is 11.6 Å². The second-order valence-electron chi connectivity index (χ2n) is 8.37. The molecule has 0 spiro atoms. The van der Waals surface area contributed by atoms with Crippen molar-refractivity contribution < 1.29 is 24.5 Å². The Hall–Kier alpha value is -3.21. The van der Waals surface area contributed by atoms with Crippen molar-refractivity contribution in [3.63, 3.8) is 0 Å². The van der Waals surface area contributed by atoms with Crippen molar-refractivity contribution in [3.05, 3.63) is 69.8 Å². The van der Waals surface area contributed by atoms with Crippen LogP contribution in [0.2, 0.25) is 0 Å². The van der Waals surface area contributed by atoms with E-state index in [1.807, 2.05) is 39.8 Å². The maximum Gasteiger partial charge on any atom is 0.170 e. The molecule has 31 heavy (non-hydrogen) atoms. The third-order valence-corrected chi connectivity index (χ3v) is 5.39. The smallest absolute Gasteiger partial charge is 0.170 e. The molecule has 3 rings (SSSR count). The summed E-state index contributed by atoms with van der Waals surface area (Å²) in [7, 11) is 1.57. The maximum absolute atomic E-state index is 12.9. The van der Waals surface area contributed by atoms with Gasteiger partial charge in [-0.1, -0.05) is 23.3 Å². The molecule has 0 aliphatic carbocycles. The third-order valence-electron chi connectivity index (χ3n) is 5.39. The molecular weight excluding hydrogens is 392 g/mol.